The Balaban J connectivity index is 2.94. The number of halogens is 3. The zero-order valence-electron chi connectivity index (χ0n) is 8.42. The highest BCUT2D eigenvalue weighted by atomic mass is 32.2. The second-order valence-corrected chi connectivity index (χ2v) is 5.59. The van der Waals surface area contributed by atoms with Crippen molar-refractivity contribution >= 4 is 10.1 Å². The maximum atomic E-state index is 12.4. The summed E-state index contributed by atoms with van der Waals surface area (Å²) in [7, 11) is -4.70. The minimum Gasteiger partial charge on any atom is -0.285 e. The van der Waals surface area contributed by atoms with Gasteiger partial charge in [-0.25, -0.2) is 0 Å². The molecule has 1 N–H and O–H groups in total. The third-order valence-electron chi connectivity index (χ3n) is 2.87. The molecule has 6 nitrogen and oxygen atoms in total. The Bertz CT molecular complexity index is 406. The number of hydrogen-bond donors (Lipinski definition) is 1. The van der Waals surface area contributed by atoms with E-state index in [1.165, 1.54) is 0 Å². The molecular formula is C7H10F3NO5S. The smallest absolute Gasteiger partial charge is 0.285 e. The average Bonchev–Trinajstić information content (AvgIpc) is 2.14. The fourth-order valence-electron chi connectivity index (χ4n) is 1.99. The lowest BCUT2D eigenvalue weighted by molar-refractivity contribution is -0.528. The van der Waals surface area contributed by atoms with Crippen molar-refractivity contribution in [1.82, 2.24) is 0 Å². The Labute approximate surface area is 94.7 Å². The lowest BCUT2D eigenvalue weighted by Crippen LogP contribution is -2.46. The van der Waals surface area contributed by atoms with Gasteiger partial charge in [-0.05, 0) is 12.8 Å². The number of hydrogen-bond acceptors (Lipinski definition) is 4. The maximum absolute atomic E-state index is 12.4. The molecule has 17 heavy (non-hydrogen) atoms. The van der Waals surface area contributed by atoms with E-state index in [1.807, 2.05) is 0 Å². The summed E-state index contributed by atoms with van der Waals surface area (Å²) in [4.78, 5) is 9.47. The molecule has 0 aromatic carbocycles. The second-order valence-electron chi connectivity index (χ2n) is 3.96. The van der Waals surface area contributed by atoms with E-state index in [4.69, 9.17) is 4.55 Å². The SMILES string of the molecule is O=[N+]([O-])C1CC(C(F)(F)F)CCC1S(=O)(=O)O. The highest BCUT2D eigenvalue weighted by Gasteiger charge is 2.52. The molecule has 3 atom stereocenters. The van der Waals surface area contributed by atoms with Crippen molar-refractivity contribution in [3.63, 3.8) is 0 Å². The number of rotatable bonds is 2. The molecule has 100 valence electrons. The normalized spacial score (nSPS) is 31.2. The molecule has 1 aliphatic carbocycles. The Hall–Kier alpha value is -0.900. The van der Waals surface area contributed by atoms with Crippen molar-refractivity contribution < 1.29 is 31.1 Å². The van der Waals surface area contributed by atoms with E-state index in [0.717, 1.165) is 0 Å². The van der Waals surface area contributed by atoms with Gasteiger partial charge < -0.3 is 0 Å². The van der Waals surface area contributed by atoms with E-state index < -0.39 is 57.7 Å². The third-order valence-corrected chi connectivity index (χ3v) is 4.19. The van der Waals surface area contributed by atoms with Crippen molar-refractivity contribution in [3.05, 3.63) is 10.1 Å². The van der Waals surface area contributed by atoms with Crippen LogP contribution in [0, 0.1) is 16.0 Å². The maximum Gasteiger partial charge on any atom is 0.392 e. The van der Waals surface area contributed by atoms with E-state index in [9.17, 15) is 31.7 Å². The first-order valence-electron chi connectivity index (χ1n) is 4.70. The lowest BCUT2D eigenvalue weighted by Gasteiger charge is -2.30. The molecule has 0 aromatic rings. The molecule has 0 saturated heterocycles. The van der Waals surface area contributed by atoms with Gasteiger partial charge in [0.15, 0.2) is 5.25 Å². The summed E-state index contributed by atoms with van der Waals surface area (Å²) in [6.45, 7) is 0. The van der Waals surface area contributed by atoms with Gasteiger partial charge in [0.25, 0.3) is 10.1 Å². The van der Waals surface area contributed by atoms with Crippen molar-refractivity contribution in [2.45, 2.75) is 36.7 Å². The summed E-state index contributed by atoms with van der Waals surface area (Å²) < 4.78 is 67.5. The molecule has 1 saturated carbocycles. The van der Waals surface area contributed by atoms with Crippen LogP contribution in [-0.4, -0.2) is 35.4 Å². The van der Waals surface area contributed by atoms with Gasteiger partial charge in [-0.3, -0.25) is 14.7 Å². The van der Waals surface area contributed by atoms with Crippen LogP contribution in [0.4, 0.5) is 13.2 Å². The predicted molar refractivity (Wildman–Crippen MR) is 49.5 cm³/mol. The topological polar surface area (TPSA) is 97.5 Å². The van der Waals surface area contributed by atoms with Gasteiger partial charge in [0.1, 0.15) is 0 Å². The van der Waals surface area contributed by atoms with E-state index >= 15 is 0 Å². The van der Waals surface area contributed by atoms with Crippen LogP contribution in [0.25, 0.3) is 0 Å². The first kappa shape index (κ1) is 14.2. The summed E-state index contributed by atoms with van der Waals surface area (Å²) in [6.07, 6.45) is -6.59. The Morgan fingerprint density at radius 3 is 2.18 bits per heavy atom. The Morgan fingerprint density at radius 1 is 1.29 bits per heavy atom. The zero-order valence-corrected chi connectivity index (χ0v) is 9.24. The molecule has 0 spiro atoms. The van der Waals surface area contributed by atoms with E-state index in [1.54, 1.807) is 0 Å². The molecule has 0 radical (unpaired) electrons. The van der Waals surface area contributed by atoms with Crippen molar-refractivity contribution in [3.8, 4) is 0 Å². The van der Waals surface area contributed by atoms with Gasteiger partial charge in [-0.15, -0.1) is 0 Å². The van der Waals surface area contributed by atoms with E-state index in [0.29, 0.717) is 0 Å². The monoisotopic (exact) mass is 277 g/mol. The zero-order chi connectivity index (χ0) is 13.4. The number of nitrogens with zero attached hydrogens (tertiary/aromatic N) is 1. The van der Waals surface area contributed by atoms with Gasteiger partial charge >= 0.3 is 6.18 Å². The summed E-state index contributed by atoms with van der Waals surface area (Å²) >= 11 is 0. The lowest BCUT2D eigenvalue weighted by atomic mass is 9.85. The van der Waals surface area contributed by atoms with Crippen LogP contribution in [0.5, 0.6) is 0 Å². The Morgan fingerprint density at radius 2 is 1.82 bits per heavy atom. The first-order chi connectivity index (χ1) is 7.53. The van der Waals surface area contributed by atoms with Crippen LogP contribution in [0.15, 0.2) is 0 Å². The minimum absolute atomic E-state index is 0.529. The standard InChI is InChI=1S/C7H10F3NO5S/c8-7(9,10)4-1-2-6(17(14,15)16)5(3-4)11(12)13/h4-6H,1-3H2,(H,14,15,16). The molecular weight excluding hydrogens is 267 g/mol. The van der Waals surface area contributed by atoms with Gasteiger partial charge in [0.05, 0.1) is 5.92 Å². The molecule has 1 aliphatic rings. The largest absolute Gasteiger partial charge is 0.392 e. The van der Waals surface area contributed by atoms with Crippen molar-refractivity contribution in [2.24, 2.45) is 5.92 Å². The van der Waals surface area contributed by atoms with Crippen molar-refractivity contribution in [1.29, 1.82) is 0 Å². The molecule has 3 unspecified atom stereocenters. The average molecular weight is 277 g/mol. The number of nitro groups is 1. The highest BCUT2D eigenvalue weighted by molar-refractivity contribution is 7.86. The predicted octanol–water partition coefficient (Wildman–Crippen LogP) is 1.25. The van der Waals surface area contributed by atoms with Gasteiger partial charge in [0, 0.05) is 11.3 Å². The van der Waals surface area contributed by atoms with Gasteiger partial charge in [0.2, 0.25) is 6.04 Å². The highest BCUT2D eigenvalue weighted by Crippen LogP contribution is 2.39. The third kappa shape index (κ3) is 3.28. The Kier molecular flexibility index (Phi) is 3.67. The molecule has 0 heterocycles. The van der Waals surface area contributed by atoms with E-state index in [2.05, 4.69) is 0 Å². The van der Waals surface area contributed by atoms with Crippen LogP contribution in [-0.2, 0) is 10.1 Å². The van der Waals surface area contributed by atoms with Gasteiger partial charge in [-0.1, -0.05) is 0 Å². The molecule has 0 aliphatic heterocycles. The molecule has 0 bridgehead atoms. The quantitative estimate of drug-likeness (QED) is 0.465. The molecule has 1 rings (SSSR count). The summed E-state index contributed by atoms with van der Waals surface area (Å²) in [5.74, 6) is -1.89. The molecule has 1 fully saturated rings. The summed E-state index contributed by atoms with van der Waals surface area (Å²) in [5.41, 5.74) is 0. The molecule has 0 amide bonds. The first-order valence-corrected chi connectivity index (χ1v) is 6.20. The fraction of sp³-hybridized carbons (Fsp3) is 1.00. The second kappa shape index (κ2) is 4.41. The minimum atomic E-state index is -4.70. The van der Waals surface area contributed by atoms with Crippen LogP contribution in [0.1, 0.15) is 19.3 Å². The van der Waals surface area contributed by atoms with Crippen LogP contribution < -0.4 is 0 Å². The van der Waals surface area contributed by atoms with E-state index in [-0.39, 0.29) is 0 Å². The van der Waals surface area contributed by atoms with Crippen LogP contribution in [0.2, 0.25) is 0 Å². The van der Waals surface area contributed by atoms with Crippen molar-refractivity contribution in [2.75, 3.05) is 0 Å². The fourth-order valence-corrected chi connectivity index (χ4v) is 3.03. The molecule has 10 heteroatoms. The van der Waals surface area contributed by atoms with Gasteiger partial charge in [-0.2, -0.15) is 21.6 Å². The number of alkyl halides is 3. The molecule has 0 aromatic heterocycles. The van der Waals surface area contributed by atoms with Crippen LogP contribution in [0.3, 0.4) is 0 Å². The van der Waals surface area contributed by atoms with Crippen LogP contribution >= 0.6 is 0 Å². The summed E-state index contributed by atoms with van der Waals surface area (Å²) in [6, 6.07) is -1.91. The summed E-state index contributed by atoms with van der Waals surface area (Å²) in [5, 5.41) is 8.79.